The van der Waals surface area contributed by atoms with Gasteiger partial charge in [-0.15, -0.1) is 24.8 Å². The molecule has 120 valence electrons. The fourth-order valence-electron chi connectivity index (χ4n) is 3.25. The molecular formula is C16H26Cl2N2O. The Kier molecular flexibility index (Phi) is 7.47. The predicted molar refractivity (Wildman–Crippen MR) is 94.7 cm³/mol. The molecule has 3 rings (SSSR count). The monoisotopic (exact) mass is 332 g/mol. The molecule has 0 radical (unpaired) electrons. The summed E-state index contributed by atoms with van der Waals surface area (Å²) in [5.41, 5.74) is 2.31. The van der Waals surface area contributed by atoms with Crippen molar-refractivity contribution in [2.45, 2.75) is 38.5 Å². The first-order valence-corrected chi connectivity index (χ1v) is 7.67. The standard InChI is InChI=1S/C16H24N2O.2ClH/c19-16-8-7-14(17-9-5-6-10-17)13-15(16)18-11-3-1-2-4-12-18;;/h7-8,13,19H,1-6,9-12H2;2*1H. The number of hydrogen-bond donors (Lipinski definition) is 1. The van der Waals surface area contributed by atoms with Crippen molar-refractivity contribution in [3.05, 3.63) is 18.2 Å². The number of nitrogens with zero attached hydrogens (tertiary/aromatic N) is 2. The number of phenols is 1. The van der Waals surface area contributed by atoms with Crippen LogP contribution in [-0.4, -0.2) is 31.3 Å². The first kappa shape index (κ1) is 18.2. The number of halogens is 2. The summed E-state index contributed by atoms with van der Waals surface area (Å²) in [4.78, 5) is 4.79. The normalized spacial score (nSPS) is 18.7. The molecule has 3 nitrogen and oxygen atoms in total. The van der Waals surface area contributed by atoms with Crippen LogP contribution in [0.1, 0.15) is 38.5 Å². The van der Waals surface area contributed by atoms with E-state index in [1.54, 1.807) is 0 Å². The van der Waals surface area contributed by atoms with E-state index in [1.165, 1.54) is 44.2 Å². The number of benzene rings is 1. The average molecular weight is 333 g/mol. The van der Waals surface area contributed by atoms with Gasteiger partial charge in [0.05, 0.1) is 5.69 Å². The van der Waals surface area contributed by atoms with E-state index >= 15 is 0 Å². The molecule has 0 saturated carbocycles. The second-order valence-corrected chi connectivity index (χ2v) is 5.77. The van der Waals surface area contributed by atoms with E-state index < -0.39 is 0 Å². The van der Waals surface area contributed by atoms with Gasteiger partial charge in [-0.2, -0.15) is 0 Å². The van der Waals surface area contributed by atoms with Gasteiger partial charge in [0.1, 0.15) is 5.75 Å². The van der Waals surface area contributed by atoms with Gasteiger partial charge in [-0.1, -0.05) is 12.8 Å². The first-order chi connectivity index (χ1) is 9.34. The van der Waals surface area contributed by atoms with Crippen LogP contribution < -0.4 is 9.80 Å². The van der Waals surface area contributed by atoms with Crippen molar-refractivity contribution in [3.8, 4) is 5.75 Å². The maximum Gasteiger partial charge on any atom is 0.139 e. The molecule has 0 aliphatic carbocycles. The summed E-state index contributed by atoms with van der Waals surface area (Å²) in [5.74, 6) is 0.435. The van der Waals surface area contributed by atoms with E-state index in [2.05, 4.69) is 21.9 Å². The maximum absolute atomic E-state index is 10.2. The van der Waals surface area contributed by atoms with Crippen LogP contribution in [0.4, 0.5) is 11.4 Å². The van der Waals surface area contributed by atoms with Gasteiger partial charge in [-0.25, -0.2) is 0 Å². The van der Waals surface area contributed by atoms with E-state index in [1.807, 2.05) is 6.07 Å². The minimum Gasteiger partial charge on any atom is -0.506 e. The molecule has 21 heavy (non-hydrogen) atoms. The van der Waals surface area contributed by atoms with Gasteiger partial charge in [0.15, 0.2) is 0 Å². The Balaban J connectivity index is 0.00000110. The van der Waals surface area contributed by atoms with Crippen molar-refractivity contribution in [1.82, 2.24) is 0 Å². The topological polar surface area (TPSA) is 26.7 Å². The molecule has 1 aromatic carbocycles. The Hall–Kier alpha value is -0.800. The second kappa shape index (κ2) is 8.60. The van der Waals surface area contributed by atoms with E-state index in [9.17, 15) is 5.11 Å². The fourth-order valence-corrected chi connectivity index (χ4v) is 3.25. The highest BCUT2D eigenvalue weighted by molar-refractivity contribution is 5.85. The molecule has 2 aliphatic heterocycles. The third-order valence-electron chi connectivity index (χ3n) is 4.38. The van der Waals surface area contributed by atoms with E-state index in [0.717, 1.165) is 31.9 Å². The van der Waals surface area contributed by atoms with Crippen molar-refractivity contribution in [2.75, 3.05) is 36.0 Å². The lowest BCUT2D eigenvalue weighted by Crippen LogP contribution is -2.24. The van der Waals surface area contributed by atoms with Gasteiger partial charge >= 0.3 is 0 Å². The highest BCUT2D eigenvalue weighted by atomic mass is 35.5. The second-order valence-electron chi connectivity index (χ2n) is 5.77. The summed E-state index contributed by atoms with van der Waals surface area (Å²) >= 11 is 0. The van der Waals surface area contributed by atoms with Crippen LogP contribution >= 0.6 is 24.8 Å². The van der Waals surface area contributed by atoms with Gasteiger partial charge in [0.25, 0.3) is 0 Å². The highest BCUT2D eigenvalue weighted by Gasteiger charge is 2.17. The molecule has 0 atom stereocenters. The molecule has 5 heteroatoms. The van der Waals surface area contributed by atoms with Crippen LogP contribution in [0, 0.1) is 0 Å². The number of phenolic OH excluding ortho intramolecular Hbond substituents is 1. The summed E-state index contributed by atoms with van der Waals surface area (Å²) < 4.78 is 0. The Morgan fingerprint density at radius 3 is 1.86 bits per heavy atom. The summed E-state index contributed by atoms with van der Waals surface area (Å²) in [6, 6.07) is 6.11. The Morgan fingerprint density at radius 2 is 1.24 bits per heavy atom. The molecule has 2 heterocycles. The van der Waals surface area contributed by atoms with Gasteiger partial charge in [-0.05, 0) is 43.9 Å². The van der Waals surface area contributed by atoms with Crippen LogP contribution in [-0.2, 0) is 0 Å². The molecule has 1 aromatic rings. The number of hydrogen-bond acceptors (Lipinski definition) is 3. The smallest absolute Gasteiger partial charge is 0.139 e. The molecular weight excluding hydrogens is 307 g/mol. The van der Waals surface area contributed by atoms with Crippen LogP contribution in [0.5, 0.6) is 5.75 Å². The summed E-state index contributed by atoms with van der Waals surface area (Å²) in [6.45, 7) is 4.47. The number of aromatic hydroxyl groups is 1. The third kappa shape index (κ3) is 4.33. The summed E-state index contributed by atoms with van der Waals surface area (Å²) in [7, 11) is 0. The summed E-state index contributed by atoms with van der Waals surface area (Å²) in [6.07, 6.45) is 7.72. The Bertz CT molecular complexity index is 428. The van der Waals surface area contributed by atoms with Gasteiger partial charge in [0.2, 0.25) is 0 Å². The maximum atomic E-state index is 10.2. The minimum absolute atomic E-state index is 0. The van der Waals surface area contributed by atoms with Gasteiger partial charge < -0.3 is 14.9 Å². The molecule has 0 bridgehead atoms. The fraction of sp³-hybridized carbons (Fsp3) is 0.625. The van der Waals surface area contributed by atoms with Crippen LogP contribution in [0.2, 0.25) is 0 Å². The lowest BCUT2D eigenvalue weighted by Gasteiger charge is -2.26. The van der Waals surface area contributed by atoms with Crippen LogP contribution in [0.25, 0.3) is 0 Å². The lowest BCUT2D eigenvalue weighted by molar-refractivity contribution is 0.474. The highest BCUT2D eigenvalue weighted by Crippen LogP contribution is 2.34. The van der Waals surface area contributed by atoms with Crippen molar-refractivity contribution >= 4 is 36.2 Å². The van der Waals surface area contributed by atoms with Crippen molar-refractivity contribution in [3.63, 3.8) is 0 Å². The molecule has 0 unspecified atom stereocenters. The quantitative estimate of drug-likeness (QED) is 0.878. The molecule has 2 aliphatic rings. The zero-order valence-electron chi connectivity index (χ0n) is 12.5. The van der Waals surface area contributed by atoms with Gasteiger partial charge in [-0.3, -0.25) is 0 Å². The largest absolute Gasteiger partial charge is 0.506 e. The predicted octanol–water partition coefficient (Wildman–Crippen LogP) is 4.22. The molecule has 0 aromatic heterocycles. The van der Waals surface area contributed by atoms with Gasteiger partial charge in [0, 0.05) is 31.9 Å². The SMILES string of the molecule is Cl.Cl.Oc1ccc(N2CCCC2)cc1N1CCCCCC1. The molecule has 0 spiro atoms. The van der Waals surface area contributed by atoms with Crippen molar-refractivity contribution in [1.29, 1.82) is 0 Å². The number of rotatable bonds is 2. The zero-order chi connectivity index (χ0) is 13.1. The lowest BCUT2D eigenvalue weighted by atomic mass is 10.2. The average Bonchev–Trinajstić information content (AvgIpc) is 2.82. The van der Waals surface area contributed by atoms with E-state index in [-0.39, 0.29) is 24.8 Å². The Morgan fingerprint density at radius 1 is 0.714 bits per heavy atom. The summed E-state index contributed by atoms with van der Waals surface area (Å²) in [5, 5.41) is 10.2. The van der Waals surface area contributed by atoms with Crippen LogP contribution in [0.15, 0.2) is 18.2 Å². The molecule has 1 N–H and O–H groups in total. The van der Waals surface area contributed by atoms with Crippen molar-refractivity contribution in [2.24, 2.45) is 0 Å². The zero-order valence-corrected chi connectivity index (χ0v) is 14.1. The molecule has 2 saturated heterocycles. The van der Waals surface area contributed by atoms with E-state index in [4.69, 9.17) is 0 Å². The molecule has 0 amide bonds. The third-order valence-corrected chi connectivity index (χ3v) is 4.38. The minimum atomic E-state index is 0. The number of anilines is 2. The molecule has 2 fully saturated rings. The Labute approximate surface area is 140 Å². The first-order valence-electron chi connectivity index (χ1n) is 7.67. The van der Waals surface area contributed by atoms with Crippen LogP contribution in [0.3, 0.4) is 0 Å². The van der Waals surface area contributed by atoms with Crippen molar-refractivity contribution < 1.29 is 5.11 Å². The van der Waals surface area contributed by atoms with E-state index in [0.29, 0.717) is 5.75 Å².